The number of carbonyl (C=O) groups is 1. The number of aromatic nitrogens is 4. The molecule has 3 aromatic heterocycles. The fourth-order valence-corrected chi connectivity index (χ4v) is 3.89. The molecular weight excluding hydrogens is 362 g/mol. The summed E-state index contributed by atoms with van der Waals surface area (Å²) in [7, 11) is 0. The highest BCUT2D eigenvalue weighted by atomic mass is 32.2. The van der Waals surface area contributed by atoms with Gasteiger partial charge in [-0.2, -0.15) is 5.10 Å². The fourth-order valence-electron chi connectivity index (χ4n) is 2.75. The van der Waals surface area contributed by atoms with Crippen molar-refractivity contribution in [2.45, 2.75) is 24.6 Å². The van der Waals surface area contributed by atoms with Crippen LogP contribution in [0.3, 0.4) is 0 Å². The number of nitrogens with one attached hydrogen (secondary N) is 2. The molecule has 0 aliphatic heterocycles. The van der Waals surface area contributed by atoms with E-state index >= 15 is 0 Å². The minimum atomic E-state index is -0.202. The zero-order valence-electron chi connectivity index (χ0n) is 14.8. The van der Waals surface area contributed by atoms with Crippen LogP contribution in [0.15, 0.2) is 52.3 Å². The number of anilines is 1. The van der Waals surface area contributed by atoms with Crippen LogP contribution in [0.4, 0.5) is 5.69 Å². The van der Waals surface area contributed by atoms with Crippen LogP contribution < -0.4 is 5.32 Å². The van der Waals surface area contributed by atoms with Crippen molar-refractivity contribution in [3.8, 4) is 0 Å². The van der Waals surface area contributed by atoms with Crippen molar-refractivity contribution in [1.29, 1.82) is 0 Å². The molecule has 1 amide bonds. The Morgan fingerprint density at radius 3 is 3.00 bits per heavy atom. The van der Waals surface area contributed by atoms with Gasteiger partial charge in [0.05, 0.1) is 23.0 Å². The number of pyridine rings is 1. The molecule has 136 valence electrons. The molecule has 0 aliphatic carbocycles. The normalized spacial score (nSPS) is 11.0. The zero-order chi connectivity index (χ0) is 18.8. The van der Waals surface area contributed by atoms with Gasteiger partial charge in [-0.05, 0) is 44.2 Å². The van der Waals surface area contributed by atoms with E-state index in [1.807, 2.05) is 32.0 Å². The van der Waals surface area contributed by atoms with Gasteiger partial charge in [-0.3, -0.25) is 9.89 Å². The third kappa shape index (κ3) is 3.56. The molecule has 0 atom stereocenters. The summed E-state index contributed by atoms with van der Waals surface area (Å²) in [5.74, 6) is 1.22. The first-order chi connectivity index (χ1) is 13.1. The average Bonchev–Trinajstić information content (AvgIpc) is 3.26. The largest absolute Gasteiger partial charge is 0.361 e. The van der Waals surface area contributed by atoms with Crippen molar-refractivity contribution >= 4 is 34.3 Å². The molecule has 0 saturated heterocycles. The Hall–Kier alpha value is -3.13. The Balaban J connectivity index is 1.53. The molecule has 3 heterocycles. The minimum absolute atomic E-state index is 0.202. The van der Waals surface area contributed by atoms with Gasteiger partial charge in [0.15, 0.2) is 0 Å². The lowest BCUT2D eigenvalue weighted by molar-refractivity contribution is 0.102. The molecule has 8 heteroatoms. The van der Waals surface area contributed by atoms with Crippen LogP contribution in [0, 0.1) is 13.8 Å². The topological polar surface area (TPSA) is 96.7 Å². The first-order valence-electron chi connectivity index (χ1n) is 8.36. The number of hydrogen-bond donors (Lipinski definition) is 2. The first-order valence-corrected chi connectivity index (χ1v) is 9.34. The highest BCUT2D eigenvalue weighted by Crippen LogP contribution is 2.28. The molecule has 4 rings (SSSR count). The van der Waals surface area contributed by atoms with Gasteiger partial charge in [-0.25, -0.2) is 4.98 Å². The summed E-state index contributed by atoms with van der Waals surface area (Å²) in [5, 5.41) is 15.4. The number of aromatic amines is 1. The Labute approximate surface area is 159 Å². The Kier molecular flexibility index (Phi) is 4.64. The van der Waals surface area contributed by atoms with Gasteiger partial charge in [0, 0.05) is 28.6 Å². The van der Waals surface area contributed by atoms with Crippen molar-refractivity contribution in [3.63, 3.8) is 0 Å². The van der Waals surface area contributed by atoms with Crippen LogP contribution in [0.25, 0.3) is 10.9 Å². The van der Waals surface area contributed by atoms with Crippen molar-refractivity contribution in [3.05, 3.63) is 65.3 Å². The Bertz CT molecular complexity index is 1100. The highest BCUT2D eigenvalue weighted by Gasteiger charge is 2.16. The molecule has 0 bridgehead atoms. The van der Waals surface area contributed by atoms with Gasteiger partial charge in [-0.15, -0.1) is 11.8 Å². The number of H-pyrrole nitrogens is 1. The molecule has 0 radical (unpaired) electrons. The molecule has 27 heavy (non-hydrogen) atoms. The molecule has 7 nitrogen and oxygen atoms in total. The minimum Gasteiger partial charge on any atom is -0.361 e. The molecule has 4 aromatic rings. The summed E-state index contributed by atoms with van der Waals surface area (Å²) in [5.41, 5.74) is 4.05. The number of carbonyl (C=O) groups excluding carboxylic acids is 1. The van der Waals surface area contributed by atoms with E-state index in [0.717, 1.165) is 27.9 Å². The number of rotatable bonds is 5. The van der Waals surface area contributed by atoms with Gasteiger partial charge in [0.1, 0.15) is 10.8 Å². The molecule has 2 N–H and O–H groups in total. The summed E-state index contributed by atoms with van der Waals surface area (Å²) in [4.78, 5) is 17.2. The SMILES string of the molecule is Cc1noc(C)c1CSc1ncccc1C(=O)Nc1ccc2[nH]ncc2c1. The number of fused-ring (bicyclic) bond motifs is 1. The summed E-state index contributed by atoms with van der Waals surface area (Å²) in [6, 6.07) is 9.13. The number of nitrogens with zero attached hydrogens (tertiary/aromatic N) is 3. The van der Waals surface area contributed by atoms with Crippen molar-refractivity contribution in [1.82, 2.24) is 20.3 Å². The predicted octanol–water partition coefficient (Wildman–Crippen LogP) is 4.11. The molecule has 0 aliphatic rings. The quantitative estimate of drug-likeness (QED) is 0.507. The average molecular weight is 379 g/mol. The Morgan fingerprint density at radius 1 is 1.30 bits per heavy atom. The second-order valence-corrected chi connectivity index (χ2v) is 7.04. The van der Waals surface area contributed by atoms with Crippen LogP contribution in [0.2, 0.25) is 0 Å². The summed E-state index contributed by atoms with van der Waals surface area (Å²) in [6.45, 7) is 3.79. The van der Waals surface area contributed by atoms with Crippen molar-refractivity contribution in [2.75, 3.05) is 5.32 Å². The maximum Gasteiger partial charge on any atom is 0.258 e. The van der Waals surface area contributed by atoms with E-state index in [9.17, 15) is 4.79 Å². The molecule has 0 unspecified atom stereocenters. The molecule has 0 saturated carbocycles. The molecule has 0 fully saturated rings. The van der Waals surface area contributed by atoms with Gasteiger partial charge in [0.25, 0.3) is 5.91 Å². The standard InChI is InChI=1S/C19H17N5O2S/c1-11-16(12(2)26-24-11)10-27-19-15(4-3-7-20-19)18(25)22-14-5-6-17-13(8-14)9-21-23-17/h3-9H,10H2,1-2H3,(H,21,23)(H,22,25). The van der Waals surface area contributed by atoms with Gasteiger partial charge in [0.2, 0.25) is 0 Å². The van der Waals surface area contributed by atoms with Crippen LogP contribution in [0.1, 0.15) is 27.4 Å². The summed E-state index contributed by atoms with van der Waals surface area (Å²) in [6.07, 6.45) is 3.41. The van der Waals surface area contributed by atoms with Crippen molar-refractivity contribution in [2.24, 2.45) is 0 Å². The van der Waals surface area contributed by atoms with E-state index in [0.29, 0.717) is 22.0 Å². The Morgan fingerprint density at radius 2 is 2.19 bits per heavy atom. The maximum absolute atomic E-state index is 12.8. The lowest BCUT2D eigenvalue weighted by Crippen LogP contribution is -2.13. The molecular formula is C19H17N5O2S. The maximum atomic E-state index is 12.8. The van der Waals surface area contributed by atoms with Crippen molar-refractivity contribution < 1.29 is 9.32 Å². The number of amides is 1. The van der Waals surface area contributed by atoms with E-state index in [1.165, 1.54) is 11.8 Å². The third-order valence-electron chi connectivity index (χ3n) is 4.25. The molecule has 1 aromatic carbocycles. The van der Waals surface area contributed by atoms with E-state index in [4.69, 9.17) is 4.52 Å². The third-order valence-corrected chi connectivity index (χ3v) is 5.28. The smallest absolute Gasteiger partial charge is 0.258 e. The number of hydrogen-bond acceptors (Lipinski definition) is 6. The number of aryl methyl sites for hydroxylation is 2. The van der Waals surface area contributed by atoms with Crippen LogP contribution in [0.5, 0.6) is 0 Å². The summed E-state index contributed by atoms with van der Waals surface area (Å²) < 4.78 is 5.20. The second kappa shape index (κ2) is 7.24. The number of benzene rings is 1. The highest BCUT2D eigenvalue weighted by molar-refractivity contribution is 7.98. The second-order valence-electron chi connectivity index (χ2n) is 6.07. The van der Waals surface area contributed by atoms with E-state index < -0.39 is 0 Å². The lowest BCUT2D eigenvalue weighted by Gasteiger charge is -2.09. The van der Waals surface area contributed by atoms with E-state index in [-0.39, 0.29) is 5.91 Å². The number of thioether (sulfide) groups is 1. The van der Waals surface area contributed by atoms with Gasteiger partial charge < -0.3 is 9.84 Å². The van der Waals surface area contributed by atoms with Crippen LogP contribution in [-0.4, -0.2) is 26.2 Å². The predicted molar refractivity (Wildman–Crippen MR) is 104 cm³/mol. The lowest BCUT2D eigenvalue weighted by atomic mass is 10.2. The van der Waals surface area contributed by atoms with Gasteiger partial charge in [-0.1, -0.05) is 5.16 Å². The summed E-state index contributed by atoms with van der Waals surface area (Å²) >= 11 is 1.49. The van der Waals surface area contributed by atoms with E-state index in [1.54, 1.807) is 24.5 Å². The van der Waals surface area contributed by atoms with E-state index in [2.05, 4.69) is 25.7 Å². The monoisotopic (exact) mass is 379 g/mol. The molecule has 0 spiro atoms. The zero-order valence-corrected chi connectivity index (χ0v) is 15.6. The fraction of sp³-hybridized carbons (Fsp3) is 0.158. The van der Waals surface area contributed by atoms with Gasteiger partial charge >= 0.3 is 0 Å². The first kappa shape index (κ1) is 17.3. The van der Waals surface area contributed by atoms with Crippen LogP contribution in [-0.2, 0) is 5.75 Å². The van der Waals surface area contributed by atoms with Crippen LogP contribution >= 0.6 is 11.8 Å².